The Balaban J connectivity index is 1.67. The molecule has 3 rings (SSSR count). The molecule has 1 heterocycles. The van der Waals surface area contributed by atoms with Crippen LogP contribution in [0.5, 0.6) is 0 Å². The maximum atomic E-state index is 12.6. The topological polar surface area (TPSA) is 57.6 Å². The first kappa shape index (κ1) is 13.2. The number of carbonyl (C=O) groups is 2. The van der Waals surface area contributed by atoms with Gasteiger partial charge in [0.1, 0.15) is 0 Å². The van der Waals surface area contributed by atoms with E-state index in [1.165, 1.54) is 11.1 Å². The summed E-state index contributed by atoms with van der Waals surface area (Å²) in [4.78, 5) is 25.5. The van der Waals surface area contributed by atoms with Crippen molar-refractivity contribution in [2.24, 2.45) is 11.8 Å². The van der Waals surface area contributed by atoms with Crippen LogP contribution in [0.15, 0.2) is 24.3 Å². The number of amides is 1. The lowest BCUT2D eigenvalue weighted by Crippen LogP contribution is -2.36. The second-order valence-electron chi connectivity index (χ2n) is 5.86. The van der Waals surface area contributed by atoms with Crippen molar-refractivity contribution in [2.75, 3.05) is 0 Å². The van der Waals surface area contributed by atoms with E-state index in [4.69, 9.17) is 5.11 Å². The van der Waals surface area contributed by atoms with E-state index in [1.807, 2.05) is 17.0 Å². The average molecular weight is 273 g/mol. The van der Waals surface area contributed by atoms with E-state index in [0.29, 0.717) is 25.9 Å². The van der Waals surface area contributed by atoms with Gasteiger partial charge < -0.3 is 10.0 Å². The van der Waals surface area contributed by atoms with Gasteiger partial charge in [-0.1, -0.05) is 30.7 Å². The molecule has 1 aromatic rings. The van der Waals surface area contributed by atoms with Gasteiger partial charge in [-0.15, -0.1) is 0 Å². The molecule has 2 atom stereocenters. The minimum absolute atomic E-state index is 0.112. The lowest BCUT2D eigenvalue weighted by atomic mass is 9.81. The highest BCUT2D eigenvalue weighted by molar-refractivity contribution is 5.81. The number of rotatable bonds is 2. The largest absolute Gasteiger partial charge is 0.481 e. The molecule has 106 valence electrons. The maximum Gasteiger partial charge on any atom is 0.306 e. The van der Waals surface area contributed by atoms with E-state index in [1.54, 1.807) is 0 Å². The highest BCUT2D eigenvalue weighted by atomic mass is 16.4. The Morgan fingerprint density at radius 2 is 1.65 bits per heavy atom. The van der Waals surface area contributed by atoms with Crippen LogP contribution in [0.4, 0.5) is 0 Å². The van der Waals surface area contributed by atoms with Crippen LogP contribution >= 0.6 is 0 Å². The molecule has 1 saturated carbocycles. The van der Waals surface area contributed by atoms with E-state index in [-0.39, 0.29) is 17.7 Å². The van der Waals surface area contributed by atoms with Gasteiger partial charge in [0.25, 0.3) is 0 Å². The minimum Gasteiger partial charge on any atom is -0.481 e. The highest BCUT2D eigenvalue weighted by Crippen LogP contribution is 2.33. The number of benzene rings is 1. The molecule has 0 spiro atoms. The molecule has 0 aromatic heterocycles. The van der Waals surface area contributed by atoms with Crippen molar-refractivity contribution in [3.63, 3.8) is 0 Å². The highest BCUT2D eigenvalue weighted by Gasteiger charge is 2.34. The fraction of sp³-hybridized carbons (Fsp3) is 0.500. The molecule has 1 aliphatic carbocycles. The molecule has 20 heavy (non-hydrogen) atoms. The molecule has 1 fully saturated rings. The summed E-state index contributed by atoms with van der Waals surface area (Å²) >= 11 is 0. The zero-order valence-electron chi connectivity index (χ0n) is 11.4. The Morgan fingerprint density at radius 3 is 2.25 bits per heavy atom. The van der Waals surface area contributed by atoms with Crippen LogP contribution in [0, 0.1) is 11.8 Å². The zero-order chi connectivity index (χ0) is 14.1. The third-order valence-electron chi connectivity index (χ3n) is 4.53. The van der Waals surface area contributed by atoms with Gasteiger partial charge in [0.15, 0.2) is 0 Å². The van der Waals surface area contributed by atoms with E-state index in [2.05, 4.69) is 12.1 Å². The SMILES string of the molecule is O=C(O)C1CCCC(C(=O)N2Cc3ccccc3C2)C1. The zero-order valence-corrected chi connectivity index (χ0v) is 11.4. The van der Waals surface area contributed by atoms with Crippen molar-refractivity contribution in [1.82, 2.24) is 4.90 Å². The third kappa shape index (κ3) is 2.42. The van der Waals surface area contributed by atoms with Gasteiger partial charge in [0.2, 0.25) is 5.91 Å². The van der Waals surface area contributed by atoms with Crippen LogP contribution < -0.4 is 0 Å². The number of fused-ring (bicyclic) bond motifs is 1. The van der Waals surface area contributed by atoms with Gasteiger partial charge in [-0.3, -0.25) is 9.59 Å². The first-order chi connectivity index (χ1) is 9.65. The molecule has 0 radical (unpaired) electrons. The molecule has 2 unspecified atom stereocenters. The van der Waals surface area contributed by atoms with Gasteiger partial charge in [0.05, 0.1) is 5.92 Å². The third-order valence-corrected chi connectivity index (χ3v) is 4.53. The van der Waals surface area contributed by atoms with Crippen LogP contribution in [0.1, 0.15) is 36.8 Å². The number of nitrogens with zero attached hydrogens (tertiary/aromatic N) is 1. The molecular weight excluding hydrogens is 254 g/mol. The van der Waals surface area contributed by atoms with Crippen LogP contribution in [-0.2, 0) is 22.7 Å². The summed E-state index contributed by atoms with van der Waals surface area (Å²) in [7, 11) is 0. The van der Waals surface area contributed by atoms with E-state index >= 15 is 0 Å². The van der Waals surface area contributed by atoms with Crippen molar-refractivity contribution in [3.8, 4) is 0 Å². The Hall–Kier alpha value is -1.84. The fourth-order valence-electron chi connectivity index (χ4n) is 3.39. The normalized spacial score (nSPS) is 25.3. The van der Waals surface area contributed by atoms with Crippen LogP contribution in [0.3, 0.4) is 0 Å². The van der Waals surface area contributed by atoms with Gasteiger partial charge in [-0.25, -0.2) is 0 Å². The van der Waals surface area contributed by atoms with Crippen molar-refractivity contribution < 1.29 is 14.7 Å². The smallest absolute Gasteiger partial charge is 0.306 e. The van der Waals surface area contributed by atoms with Gasteiger partial charge in [0, 0.05) is 19.0 Å². The summed E-state index contributed by atoms with van der Waals surface area (Å²) in [6.45, 7) is 1.34. The summed E-state index contributed by atoms with van der Waals surface area (Å²) in [5.74, 6) is -1.08. The fourth-order valence-corrected chi connectivity index (χ4v) is 3.39. The second-order valence-corrected chi connectivity index (χ2v) is 5.86. The number of hydrogen-bond acceptors (Lipinski definition) is 2. The summed E-state index contributed by atoms with van der Waals surface area (Å²) in [6, 6.07) is 8.11. The molecule has 1 amide bonds. The first-order valence-corrected chi connectivity index (χ1v) is 7.23. The lowest BCUT2D eigenvalue weighted by molar-refractivity contribution is -0.145. The van der Waals surface area contributed by atoms with Crippen molar-refractivity contribution in [2.45, 2.75) is 38.8 Å². The van der Waals surface area contributed by atoms with Gasteiger partial charge >= 0.3 is 5.97 Å². The quantitative estimate of drug-likeness (QED) is 0.900. The monoisotopic (exact) mass is 273 g/mol. The lowest BCUT2D eigenvalue weighted by Gasteiger charge is -2.29. The number of carbonyl (C=O) groups excluding carboxylic acids is 1. The molecule has 0 bridgehead atoms. The number of aliphatic carboxylic acids is 1. The molecule has 4 heteroatoms. The predicted octanol–water partition coefficient (Wildman–Crippen LogP) is 2.42. The van der Waals surface area contributed by atoms with Crippen LogP contribution in [0.25, 0.3) is 0 Å². The molecular formula is C16H19NO3. The van der Waals surface area contributed by atoms with Crippen LogP contribution in [0.2, 0.25) is 0 Å². The standard InChI is InChI=1S/C16H19NO3/c18-15(11-6-3-7-12(8-11)16(19)20)17-9-13-4-1-2-5-14(13)10-17/h1-2,4-5,11-12H,3,6-10H2,(H,19,20). The Bertz CT molecular complexity index is 515. The van der Waals surface area contributed by atoms with E-state index in [9.17, 15) is 9.59 Å². The van der Waals surface area contributed by atoms with Gasteiger partial charge in [-0.05, 0) is 30.4 Å². The summed E-state index contributed by atoms with van der Waals surface area (Å²) in [5, 5.41) is 9.12. The van der Waals surface area contributed by atoms with Crippen LogP contribution in [-0.4, -0.2) is 21.9 Å². The van der Waals surface area contributed by atoms with Crippen molar-refractivity contribution >= 4 is 11.9 Å². The Morgan fingerprint density at radius 1 is 1.05 bits per heavy atom. The predicted molar refractivity (Wildman–Crippen MR) is 73.8 cm³/mol. The average Bonchev–Trinajstić information content (AvgIpc) is 2.90. The van der Waals surface area contributed by atoms with Gasteiger partial charge in [-0.2, -0.15) is 0 Å². The van der Waals surface area contributed by atoms with E-state index < -0.39 is 5.97 Å². The number of carboxylic acids is 1. The van der Waals surface area contributed by atoms with Crippen molar-refractivity contribution in [3.05, 3.63) is 35.4 Å². The van der Waals surface area contributed by atoms with E-state index in [0.717, 1.165) is 12.8 Å². The molecule has 2 aliphatic rings. The minimum atomic E-state index is -0.757. The molecule has 1 aromatic carbocycles. The first-order valence-electron chi connectivity index (χ1n) is 7.23. The number of carboxylic acid groups (broad SMARTS) is 1. The molecule has 1 N–H and O–H groups in total. The summed E-state index contributed by atoms with van der Waals surface area (Å²) in [6.07, 6.45) is 2.88. The maximum absolute atomic E-state index is 12.6. The number of hydrogen-bond donors (Lipinski definition) is 1. The Labute approximate surface area is 118 Å². The molecule has 1 aliphatic heterocycles. The molecule has 4 nitrogen and oxygen atoms in total. The van der Waals surface area contributed by atoms with Crippen molar-refractivity contribution in [1.29, 1.82) is 0 Å². The molecule has 0 saturated heterocycles. The Kier molecular flexibility index (Phi) is 3.47. The summed E-state index contributed by atoms with van der Waals surface area (Å²) < 4.78 is 0. The second kappa shape index (κ2) is 5.27. The summed E-state index contributed by atoms with van der Waals surface area (Å²) in [5.41, 5.74) is 2.43.